The molecule has 0 radical (unpaired) electrons. The smallest absolute Gasteiger partial charge is 0.0367 e. The van der Waals surface area contributed by atoms with Crippen molar-refractivity contribution in [1.29, 1.82) is 0 Å². The van der Waals surface area contributed by atoms with Crippen molar-refractivity contribution in [3.8, 4) is 0 Å². The fourth-order valence-corrected chi connectivity index (χ4v) is 2.27. The molecule has 0 atom stereocenters. The normalized spacial score (nSPS) is 18.1. The molecule has 1 aliphatic heterocycles. The van der Waals surface area contributed by atoms with Crippen LogP contribution in [0.4, 0.5) is 5.69 Å². The van der Waals surface area contributed by atoms with Crippen LogP contribution in [0.2, 0.25) is 0 Å². The van der Waals surface area contributed by atoms with Crippen LogP contribution in [0.3, 0.4) is 0 Å². The van der Waals surface area contributed by atoms with Crippen LogP contribution in [0.25, 0.3) is 0 Å². The van der Waals surface area contributed by atoms with Crippen molar-refractivity contribution in [2.75, 3.05) is 44.4 Å². The summed E-state index contributed by atoms with van der Waals surface area (Å²) < 4.78 is 0. The van der Waals surface area contributed by atoms with Gasteiger partial charge < -0.3 is 9.80 Å². The Kier molecular flexibility index (Phi) is 3.54. The summed E-state index contributed by atoms with van der Waals surface area (Å²) in [4.78, 5) is 6.18. The van der Waals surface area contributed by atoms with Gasteiger partial charge in [0.05, 0.1) is 0 Å². The molecule has 1 aromatic rings. The Bertz CT molecular complexity index is 302. The molecule has 0 spiro atoms. The number of nitrogens with zero attached hydrogens (tertiary/aromatic N) is 2. The lowest BCUT2D eigenvalue weighted by molar-refractivity contribution is 0.313. The quantitative estimate of drug-likeness (QED) is 0.708. The van der Waals surface area contributed by atoms with Gasteiger partial charge in [-0.05, 0) is 37.6 Å². The van der Waals surface area contributed by atoms with E-state index in [9.17, 15) is 0 Å². The molecule has 2 nitrogen and oxygen atoms in total. The van der Waals surface area contributed by atoms with Gasteiger partial charge in [-0.1, -0.05) is 0 Å². The third-order valence-corrected chi connectivity index (χ3v) is 3.68. The maximum atomic E-state index is 2.46. The van der Waals surface area contributed by atoms with E-state index in [-0.39, 0.29) is 0 Å². The van der Waals surface area contributed by atoms with Crippen LogP contribution in [0.15, 0.2) is 29.2 Å². The number of anilines is 1. The first-order valence-corrected chi connectivity index (χ1v) is 6.59. The molecule has 1 fully saturated rings. The second-order valence-corrected chi connectivity index (χ2v) is 4.87. The van der Waals surface area contributed by atoms with Crippen LogP contribution in [0.5, 0.6) is 0 Å². The van der Waals surface area contributed by atoms with Crippen molar-refractivity contribution in [2.24, 2.45) is 0 Å². The highest BCUT2D eigenvalue weighted by atomic mass is 32.2. The fourth-order valence-electron chi connectivity index (χ4n) is 1.86. The Balaban J connectivity index is 2.03. The molecule has 0 amide bonds. The molecule has 0 unspecified atom stereocenters. The Morgan fingerprint density at radius 1 is 1.00 bits per heavy atom. The molecule has 2 rings (SSSR count). The molecule has 1 heterocycles. The molecular formula is C12H18N2S. The second-order valence-electron chi connectivity index (χ2n) is 3.99. The molecule has 82 valence electrons. The van der Waals surface area contributed by atoms with E-state index < -0.39 is 0 Å². The summed E-state index contributed by atoms with van der Waals surface area (Å²) in [6.45, 7) is 4.64. The molecular weight excluding hydrogens is 204 g/mol. The van der Waals surface area contributed by atoms with Gasteiger partial charge in [0.1, 0.15) is 0 Å². The van der Waals surface area contributed by atoms with Crippen molar-refractivity contribution in [3.63, 3.8) is 0 Å². The molecule has 1 aliphatic rings. The second kappa shape index (κ2) is 4.90. The van der Waals surface area contributed by atoms with Crippen molar-refractivity contribution in [1.82, 2.24) is 4.90 Å². The van der Waals surface area contributed by atoms with E-state index in [1.807, 2.05) is 0 Å². The molecule has 0 aromatic heterocycles. The largest absolute Gasteiger partial charge is 0.369 e. The highest BCUT2D eigenvalue weighted by Crippen LogP contribution is 2.21. The maximum Gasteiger partial charge on any atom is 0.0367 e. The molecule has 15 heavy (non-hydrogen) atoms. The predicted octanol–water partition coefficient (Wildman–Crippen LogP) is 2.16. The van der Waals surface area contributed by atoms with Gasteiger partial charge in [0, 0.05) is 36.8 Å². The van der Waals surface area contributed by atoms with E-state index >= 15 is 0 Å². The number of likely N-dealkylation sites (N-methyl/N-ethyl adjacent to an activating group) is 1. The maximum absolute atomic E-state index is 2.46. The number of hydrogen-bond donors (Lipinski definition) is 0. The Morgan fingerprint density at radius 3 is 2.13 bits per heavy atom. The molecule has 0 aliphatic carbocycles. The van der Waals surface area contributed by atoms with E-state index in [0.29, 0.717) is 0 Å². The summed E-state index contributed by atoms with van der Waals surface area (Å²) >= 11 is 1.80. The van der Waals surface area contributed by atoms with Crippen molar-refractivity contribution < 1.29 is 0 Å². The lowest BCUT2D eigenvalue weighted by Crippen LogP contribution is -2.44. The molecule has 1 aromatic carbocycles. The van der Waals surface area contributed by atoms with Crippen LogP contribution >= 0.6 is 11.8 Å². The van der Waals surface area contributed by atoms with Crippen LogP contribution in [0, 0.1) is 0 Å². The van der Waals surface area contributed by atoms with E-state index in [1.165, 1.54) is 23.7 Å². The average molecular weight is 222 g/mol. The van der Waals surface area contributed by atoms with Gasteiger partial charge in [0.2, 0.25) is 0 Å². The first-order valence-electron chi connectivity index (χ1n) is 5.37. The summed E-state index contributed by atoms with van der Waals surface area (Å²) in [6, 6.07) is 8.88. The highest BCUT2D eigenvalue weighted by Gasteiger charge is 2.13. The SMILES string of the molecule is CSc1ccc(N2CCN(C)CC2)cc1. The van der Waals surface area contributed by atoms with Crippen LogP contribution in [0.1, 0.15) is 0 Å². The van der Waals surface area contributed by atoms with Gasteiger partial charge in [-0.3, -0.25) is 0 Å². The third-order valence-electron chi connectivity index (χ3n) is 2.94. The molecule has 0 bridgehead atoms. The van der Waals surface area contributed by atoms with Crippen molar-refractivity contribution >= 4 is 17.4 Å². The Labute approximate surface area is 96.3 Å². The summed E-state index contributed by atoms with van der Waals surface area (Å²) in [5.41, 5.74) is 1.36. The number of rotatable bonds is 2. The monoisotopic (exact) mass is 222 g/mol. The van der Waals surface area contributed by atoms with Gasteiger partial charge in [-0.25, -0.2) is 0 Å². The number of piperazine rings is 1. The number of hydrogen-bond acceptors (Lipinski definition) is 3. The zero-order valence-electron chi connectivity index (χ0n) is 9.44. The highest BCUT2D eigenvalue weighted by molar-refractivity contribution is 7.98. The molecule has 3 heteroatoms. The Hall–Kier alpha value is -0.670. The average Bonchev–Trinajstić information content (AvgIpc) is 2.30. The summed E-state index contributed by atoms with van der Waals surface area (Å²) in [7, 11) is 2.19. The van der Waals surface area contributed by atoms with Gasteiger partial charge in [-0.2, -0.15) is 0 Å². The fraction of sp³-hybridized carbons (Fsp3) is 0.500. The number of benzene rings is 1. The topological polar surface area (TPSA) is 6.48 Å². The minimum absolute atomic E-state index is 1.15. The first kappa shape index (κ1) is 10.8. The van der Waals surface area contributed by atoms with Gasteiger partial charge in [0.15, 0.2) is 0 Å². The lowest BCUT2D eigenvalue weighted by Gasteiger charge is -2.34. The minimum Gasteiger partial charge on any atom is -0.369 e. The van der Waals surface area contributed by atoms with Gasteiger partial charge in [-0.15, -0.1) is 11.8 Å². The lowest BCUT2D eigenvalue weighted by atomic mass is 10.2. The molecule has 1 saturated heterocycles. The minimum atomic E-state index is 1.15. The van der Waals surface area contributed by atoms with Crippen molar-refractivity contribution in [2.45, 2.75) is 4.90 Å². The summed E-state index contributed by atoms with van der Waals surface area (Å²) in [5, 5.41) is 0. The van der Waals surface area contributed by atoms with Crippen LogP contribution in [-0.2, 0) is 0 Å². The Morgan fingerprint density at radius 2 is 1.60 bits per heavy atom. The van der Waals surface area contributed by atoms with Gasteiger partial charge in [0.25, 0.3) is 0 Å². The molecule has 0 N–H and O–H groups in total. The van der Waals surface area contributed by atoms with E-state index in [4.69, 9.17) is 0 Å². The van der Waals surface area contributed by atoms with E-state index in [0.717, 1.165) is 13.1 Å². The summed E-state index contributed by atoms with van der Waals surface area (Å²) in [5.74, 6) is 0. The number of thioether (sulfide) groups is 1. The zero-order valence-corrected chi connectivity index (χ0v) is 10.3. The van der Waals surface area contributed by atoms with E-state index in [1.54, 1.807) is 11.8 Å². The van der Waals surface area contributed by atoms with Crippen molar-refractivity contribution in [3.05, 3.63) is 24.3 Å². The van der Waals surface area contributed by atoms with Crippen LogP contribution < -0.4 is 4.90 Å². The zero-order chi connectivity index (χ0) is 10.7. The third kappa shape index (κ3) is 2.67. The van der Waals surface area contributed by atoms with Crippen LogP contribution in [-0.4, -0.2) is 44.4 Å². The van der Waals surface area contributed by atoms with E-state index in [2.05, 4.69) is 47.4 Å². The van der Waals surface area contributed by atoms with Gasteiger partial charge >= 0.3 is 0 Å². The molecule has 0 saturated carbocycles. The summed E-state index contributed by atoms with van der Waals surface area (Å²) in [6.07, 6.45) is 2.12. The first-order chi connectivity index (χ1) is 7.29. The standard InChI is InChI=1S/C12H18N2S/c1-13-7-9-14(10-8-13)11-3-5-12(15-2)6-4-11/h3-6H,7-10H2,1-2H3. The predicted molar refractivity (Wildman–Crippen MR) is 67.9 cm³/mol.